The number of halogens is 1. The van der Waals surface area contributed by atoms with Gasteiger partial charge in [0.25, 0.3) is 0 Å². The molecule has 1 aliphatic heterocycles. The Morgan fingerprint density at radius 2 is 2.26 bits per heavy atom. The fraction of sp³-hybridized carbons (Fsp3) is 0.333. The lowest BCUT2D eigenvalue weighted by Crippen LogP contribution is -2.40. The Labute approximate surface area is 108 Å². The van der Waals surface area contributed by atoms with E-state index >= 15 is 0 Å². The predicted molar refractivity (Wildman–Crippen MR) is 64.9 cm³/mol. The smallest absolute Gasteiger partial charge is 0.405 e. The van der Waals surface area contributed by atoms with Crippen molar-refractivity contribution in [1.82, 2.24) is 5.32 Å². The Balaban J connectivity index is 2.23. The van der Waals surface area contributed by atoms with Gasteiger partial charge in [-0.1, -0.05) is 0 Å². The number of carboxylic acid groups (broad SMARTS) is 1. The molecule has 6 nitrogen and oxygen atoms in total. The van der Waals surface area contributed by atoms with E-state index in [4.69, 9.17) is 9.84 Å². The van der Waals surface area contributed by atoms with E-state index < -0.39 is 17.8 Å². The molecule has 102 valence electrons. The summed E-state index contributed by atoms with van der Waals surface area (Å²) >= 11 is 0. The summed E-state index contributed by atoms with van der Waals surface area (Å²) in [6, 6.07) is 3.92. The first-order valence-electron chi connectivity index (χ1n) is 5.77. The highest BCUT2D eigenvalue weighted by Crippen LogP contribution is 2.31. The number of fused-ring (bicyclic) bond motifs is 1. The molecule has 0 radical (unpaired) electrons. The third-order valence-corrected chi connectivity index (χ3v) is 2.69. The molecule has 0 saturated carbocycles. The number of rotatable bonds is 2. The van der Waals surface area contributed by atoms with Crippen LogP contribution in [0.5, 0.6) is 5.75 Å². The maximum Gasteiger partial charge on any atom is 0.405 e. The highest BCUT2D eigenvalue weighted by atomic mass is 19.1. The number of amides is 2. The van der Waals surface area contributed by atoms with Gasteiger partial charge in [-0.15, -0.1) is 0 Å². The number of carbonyl (C=O) groups excluding carboxylic acids is 1. The van der Waals surface area contributed by atoms with Crippen LogP contribution in [-0.2, 0) is 4.79 Å². The number of benzene rings is 1. The van der Waals surface area contributed by atoms with Crippen LogP contribution in [0.15, 0.2) is 18.2 Å². The largest absolute Gasteiger partial charge is 0.491 e. The first-order valence-corrected chi connectivity index (χ1v) is 5.77. The zero-order chi connectivity index (χ0) is 13.8. The summed E-state index contributed by atoms with van der Waals surface area (Å²) in [5.74, 6) is -0.504. The van der Waals surface area contributed by atoms with Crippen molar-refractivity contribution >= 4 is 17.7 Å². The maximum atomic E-state index is 13.3. The van der Waals surface area contributed by atoms with Gasteiger partial charge in [-0.3, -0.25) is 4.79 Å². The molecule has 0 saturated heterocycles. The fourth-order valence-electron chi connectivity index (χ4n) is 1.85. The predicted octanol–water partition coefficient (Wildman–Crippen LogP) is 1.21. The number of anilines is 1. The van der Waals surface area contributed by atoms with Crippen LogP contribution in [0.2, 0.25) is 0 Å². The van der Waals surface area contributed by atoms with E-state index in [-0.39, 0.29) is 6.54 Å². The zero-order valence-corrected chi connectivity index (χ0v) is 10.1. The Bertz CT molecular complexity index is 507. The Hall–Kier alpha value is -2.31. The van der Waals surface area contributed by atoms with Gasteiger partial charge in [-0.05, 0) is 18.6 Å². The molecule has 0 unspecified atom stereocenters. The van der Waals surface area contributed by atoms with E-state index in [1.54, 1.807) is 0 Å². The van der Waals surface area contributed by atoms with Crippen molar-refractivity contribution in [2.75, 3.05) is 24.6 Å². The van der Waals surface area contributed by atoms with Gasteiger partial charge in [0.15, 0.2) is 0 Å². The van der Waals surface area contributed by atoms with Gasteiger partial charge in [0.1, 0.15) is 18.1 Å². The molecule has 2 amide bonds. The molecule has 7 heteroatoms. The van der Waals surface area contributed by atoms with Crippen LogP contribution in [0.4, 0.5) is 14.9 Å². The lowest BCUT2D eigenvalue weighted by molar-refractivity contribution is -0.117. The number of hydrogen-bond acceptors (Lipinski definition) is 3. The Morgan fingerprint density at radius 3 is 3.00 bits per heavy atom. The number of hydrogen-bond donors (Lipinski definition) is 2. The molecule has 1 aromatic rings. The quantitative estimate of drug-likeness (QED) is 0.845. The summed E-state index contributed by atoms with van der Waals surface area (Å²) in [6.07, 6.45) is -0.686. The summed E-state index contributed by atoms with van der Waals surface area (Å²) in [6.45, 7) is 0.427. The molecule has 0 spiro atoms. The topological polar surface area (TPSA) is 78.9 Å². The summed E-state index contributed by atoms with van der Waals surface area (Å²) in [5.41, 5.74) is 0.328. The molecule has 0 aromatic heterocycles. The summed E-state index contributed by atoms with van der Waals surface area (Å²) < 4.78 is 18.7. The van der Waals surface area contributed by atoms with E-state index in [1.165, 1.54) is 23.1 Å². The molecular formula is C12H13FN2O4. The first kappa shape index (κ1) is 13.1. The van der Waals surface area contributed by atoms with Gasteiger partial charge in [0, 0.05) is 12.6 Å². The van der Waals surface area contributed by atoms with Crippen LogP contribution in [0.25, 0.3) is 0 Å². The van der Waals surface area contributed by atoms with Gasteiger partial charge in [0.2, 0.25) is 5.91 Å². The van der Waals surface area contributed by atoms with Crippen LogP contribution >= 0.6 is 0 Å². The van der Waals surface area contributed by atoms with Crippen LogP contribution < -0.4 is 15.0 Å². The minimum atomic E-state index is -1.28. The van der Waals surface area contributed by atoms with Gasteiger partial charge in [0.05, 0.1) is 12.3 Å². The van der Waals surface area contributed by atoms with Gasteiger partial charge in [-0.25, -0.2) is 9.18 Å². The second-order valence-corrected chi connectivity index (χ2v) is 4.02. The van der Waals surface area contributed by atoms with Crippen molar-refractivity contribution < 1.29 is 23.8 Å². The lowest BCUT2D eigenvalue weighted by atomic mass is 10.2. The van der Waals surface area contributed by atoms with Crippen molar-refractivity contribution in [3.05, 3.63) is 24.0 Å². The third kappa shape index (κ3) is 3.12. The third-order valence-electron chi connectivity index (χ3n) is 2.69. The van der Waals surface area contributed by atoms with Crippen molar-refractivity contribution in [1.29, 1.82) is 0 Å². The highest BCUT2D eigenvalue weighted by Gasteiger charge is 2.22. The van der Waals surface area contributed by atoms with Crippen LogP contribution in [0.3, 0.4) is 0 Å². The summed E-state index contributed by atoms with van der Waals surface area (Å²) in [7, 11) is 0. The summed E-state index contributed by atoms with van der Waals surface area (Å²) in [5, 5.41) is 10.5. The molecule has 0 bridgehead atoms. The highest BCUT2D eigenvalue weighted by molar-refractivity contribution is 5.97. The maximum absolute atomic E-state index is 13.3. The van der Waals surface area contributed by atoms with Gasteiger partial charge >= 0.3 is 6.09 Å². The van der Waals surface area contributed by atoms with E-state index in [0.29, 0.717) is 31.0 Å². The van der Waals surface area contributed by atoms with E-state index in [0.717, 1.165) is 0 Å². The monoisotopic (exact) mass is 268 g/mol. The van der Waals surface area contributed by atoms with E-state index in [2.05, 4.69) is 0 Å². The van der Waals surface area contributed by atoms with Gasteiger partial charge in [-0.2, -0.15) is 0 Å². The van der Waals surface area contributed by atoms with Crippen LogP contribution in [0, 0.1) is 5.82 Å². The summed E-state index contributed by atoms with van der Waals surface area (Å²) in [4.78, 5) is 23.7. The van der Waals surface area contributed by atoms with Crippen molar-refractivity contribution in [3.63, 3.8) is 0 Å². The van der Waals surface area contributed by atoms with Crippen molar-refractivity contribution in [2.24, 2.45) is 0 Å². The van der Waals surface area contributed by atoms with E-state index in [1.807, 2.05) is 5.32 Å². The molecule has 19 heavy (non-hydrogen) atoms. The van der Waals surface area contributed by atoms with Crippen LogP contribution in [0.1, 0.15) is 6.42 Å². The van der Waals surface area contributed by atoms with Crippen molar-refractivity contribution in [3.8, 4) is 5.75 Å². The number of carbonyl (C=O) groups is 2. The molecule has 0 fully saturated rings. The first-order chi connectivity index (χ1) is 9.08. The molecule has 1 heterocycles. The molecule has 2 rings (SSSR count). The van der Waals surface area contributed by atoms with Crippen LogP contribution in [-0.4, -0.2) is 36.8 Å². The molecule has 2 N–H and O–H groups in total. The molecule has 0 atom stereocenters. The minimum absolute atomic E-state index is 0.328. The lowest BCUT2D eigenvalue weighted by Gasteiger charge is -2.21. The zero-order valence-electron chi connectivity index (χ0n) is 10.1. The van der Waals surface area contributed by atoms with Crippen molar-refractivity contribution in [2.45, 2.75) is 6.42 Å². The Kier molecular flexibility index (Phi) is 3.84. The SMILES string of the molecule is O=C(O)NCC(=O)N1CCCOc2ccc(F)cc21. The molecular weight excluding hydrogens is 255 g/mol. The van der Waals surface area contributed by atoms with Gasteiger partial charge < -0.3 is 20.1 Å². The number of ether oxygens (including phenoxy) is 1. The minimum Gasteiger partial charge on any atom is -0.491 e. The molecule has 1 aromatic carbocycles. The molecule has 0 aliphatic carbocycles. The standard InChI is InChI=1S/C12H13FN2O4/c13-8-2-3-10-9(6-8)15(4-1-5-19-10)11(16)7-14-12(17)18/h2-3,6,14H,1,4-5,7H2,(H,17,18). The Morgan fingerprint density at radius 1 is 1.47 bits per heavy atom. The number of nitrogens with zero attached hydrogens (tertiary/aromatic N) is 1. The fourth-order valence-corrected chi connectivity index (χ4v) is 1.85. The molecule has 1 aliphatic rings. The average Bonchev–Trinajstić information content (AvgIpc) is 2.57. The second kappa shape index (κ2) is 5.55. The average molecular weight is 268 g/mol. The van der Waals surface area contributed by atoms with E-state index in [9.17, 15) is 14.0 Å². The normalized spacial score (nSPS) is 14.1. The number of nitrogens with one attached hydrogen (secondary N) is 1. The second-order valence-electron chi connectivity index (χ2n) is 4.02.